The normalized spacial score (nSPS) is 24.6. The molecule has 1 saturated heterocycles. The molecule has 0 spiro atoms. The molecule has 1 aromatic carbocycles. The van der Waals surface area contributed by atoms with Gasteiger partial charge in [0, 0.05) is 16.6 Å². The Morgan fingerprint density at radius 3 is 2.63 bits per heavy atom. The zero-order valence-electron chi connectivity index (χ0n) is 11.0. The SMILES string of the molecule is CC(c1ccc(Br)cc1)N(C)C1COCC1C(=O)O. The fraction of sp³-hybridized carbons (Fsp3) is 0.500. The summed E-state index contributed by atoms with van der Waals surface area (Å²) in [6.45, 7) is 2.87. The predicted octanol–water partition coefficient (Wildman–Crippen LogP) is 2.54. The lowest BCUT2D eigenvalue weighted by Gasteiger charge is -2.32. The van der Waals surface area contributed by atoms with Gasteiger partial charge in [0.25, 0.3) is 0 Å². The Morgan fingerprint density at radius 1 is 1.42 bits per heavy atom. The van der Waals surface area contributed by atoms with Crippen molar-refractivity contribution < 1.29 is 14.6 Å². The van der Waals surface area contributed by atoms with Crippen molar-refractivity contribution in [1.82, 2.24) is 4.90 Å². The molecule has 0 amide bonds. The van der Waals surface area contributed by atoms with Crippen molar-refractivity contribution in [2.24, 2.45) is 5.92 Å². The highest BCUT2D eigenvalue weighted by molar-refractivity contribution is 9.10. The molecule has 1 aromatic rings. The maximum absolute atomic E-state index is 11.2. The van der Waals surface area contributed by atoms with Gasteiger partial charge in [-0.25, -0.2) is 0 Å². The number of rotatable bonds is 4. The van der Waals surface area contributed by atoms with E-state index in [1.165, 1.54) is 5.56 Å². The summed E-state index contributed by atoms with van der Waals surface area (Å²) in [6.07, 6.45) is 0. The lowest BCUT2D eigenvalue weighted by atomic mass is 9.99. The van der Waals surface area contributed by atoms with E-state index >= 15 is 0 Å². The molecule has 0 bridgehead atoms. The summed E-state index contributed by atoms with van der Waals surface area (Å²) in [6, 6.07) is 8.19. The smallest absolute Gasteiger partial charge is 0.310 e. The number of hydrogen-bond acceptors (Lipinski definition) is 3. The average molecular weight is 328 g/mol. The van der Waals surface area contributed by atoms with Crippen LogP contribution in [0.5, 0.6) is 0 Å². The summed E-state index contributed by atoms with van der Waals surface area (Å²) < 4.78 is 6.37. The highest BCUT2D eigenvalue weighted by Gasteiger charge is 2.38. The summed E-state index contributed by atoms with van der Waals surface area (Å²) in [5.74, 6) is -1.22. The Morgan fingerprint density at radius 2 is 2.05 bits per heavy atom. The Balaban J connectivity index is 2.12. The lowest BCUT2D eigenvalue weighted by Crippen LogP contribution is -2.42. The first kappa shape index (κ1) is 14.5. The summed E-state index contributed by atoms with van der Waals surface area (Å²) in [7, 11) is 1.96. The quantitative estimate of drug-likeness (QED) is 0.923. The molecular formula is C14H18BrNO3. The van der Waals surface area contributed by atoms with E-state index in [0.29, 0.717) is 13.2 Å². The van der Waals surface area contributed by atoms with Crippen molar-refractivity contribution >= 4 is 21.9 Å². The zero-order chi connectivity index (χ0) is 14.0. The maximum atomic E-state index is 11.2. The summed E-state index contributed by atoms with van der Waals surface area (Å²) in [5.41, 5.74) is 1.17. The summed E-state index contributed by atoms with van der Waals surface area (Å²) >= 11 is 3.42. The third-order valence-electron chi connectivity index (χ3n) is 3.85. The molecule has 0 aliphatic carbocycles. The van der Waals surface area contributed by atoms with Gasteiger partial charge in [0.2, 0.25) is 0 Å². The Kier molecular flexibility index (Phi) is 4.60. The molecule has 3 unspecified atom stereocenters. The van der Waals surface area contributed by atoms with Gasteiger partial charge in [-0.1, -0.05) is 28.1 Å². The van der Waals surface area contributed by atoms with Crippen LogP contribution >= 0.6 is 15.9 Å². The van der Waals surface area contributed by atoms with Gasteiger partial charge in [0.1, 0.15) is 0 Å². The van der Waals surface area contributed by atoms with E-state index in [2.05, 4.69) is 39.9 Å². The highest BCUT2D eigenvalue weighted by Crippen LogP contribution is 2.28. The first-order chi connectivity index (χ1) is 9.00. The van der Waals surface area contributed by atoms with E-state index in [-0.39, 0.29) is 12.1 Å². The van der Waals surface area contributed by atoms with Gasteiger partial charge in [-0.3, -0.25) is 9.69 Å². The number of halogens is 1. The van der Waals surface area contributed by atoms with Gasteiger partial charge < -0.3 is 9.84 Å². The van der Waals surface area contributed by atoms with Crippen molar-refractivity contribution in [3.05, 3.63) is 34.3 Å². The van der Waals surface area contributed by atoms with Crippen LogP contribution in [0, 0.1) is 5.92 Å². The number of hydrogen-bond donors (Lipinski definition) is 1. The van der Waals surface area contributed by atoms with Crippen molar-refractivity contribution in [2.45, 2.75) is 19.0 Å². The van der Waals surface area contributed by atoms with Crippen molar-refractivity contribution in [3.63, 3.8) is 0 Å². The number of aliphatic carboxylic acids is 1. The molecule has 0 aromatic heterocycles. The van der Waals surface area contributed by atoms with Crippen LogP contribution in [-0.4, -0.2) is 42.3 Å². The number of likely N-dealkylation sites (N-methyl/N-ethyl adjacent to an activating group) is 1. The molecule has 3 atom stereocenters. The molecule has 1 N–H and O–H groups in total. The van der Waals surface area contributed by atoms with Crippen LogP contribution in [0.3, 0.4) is 0 Å². The number of ether oxygens (including phenoxy) is 1. The van der Waals surface area contributed by atoms with Crippen LogP contribution in [-0.2, 0) is 9.53 Å². The number of benzene rings is 1. The second kappa shape index (κ2) is 6.03. The third-order valence-corrected chi connectivity index (χ3v) is 4.38. The molecular weight excluding hydrogens is 310 g/mol. The molecule has 0 radical (unpaired) electrons. The fourth-order valence-electron chi connectivity index (χ4n) is 2.44. The molecule has 5 heteroatoms. The Bertz CT molecular complexity index is 449. The molecule has 1 aliphatic heterocycles. The third kappa shape index (κ3) is 3.16. The van der Waals surface area contributed by atoms with Crippen molar-refractivity contribution in [3.8, 4) is 0 Å². The standard InChI is InChI=1S/C14H18BrNO3/c1-9(10-3-5-11(15)6-4-10)16(2)13-8-19-7-12(13)14(17)18/h3-6,9,12-13H,7-8H2,1-2H3,(H,17,18). The molecule has 4 nitrogen and oxygen atoms in total. The van der Waals surface area contributed by atoms with E-state index in [1.54, 1.807) is 0 Å². The first-order valence-corrected chi connectivity index (χ1v) is 7.08. The van der Waals surface area contributed by atoms with E-state index < -0.39 is 11.9 Å². The predicted molar refractivity (Wildman–Crippen MR) is 76.1 cm³/mol. The van der Waals surface area contributed by atoms with Crippen molar-refractivity contribution in [2.75, 3.05) is 20.3 Å². The molecule has 104 valence electrons. The van der Waals surface area contributed by atoms with E-state index in [9.17, 15) is 9.90 Å². The second-order valence-corrected chi connectivity index (χ2v) is 5.86. The minimum absolute atomic E-state index is 0.0730. The average Bonchev–Trinajstić information content (AvgIpc) is 2.87. The van der Waals surface area contributed by atoms with Crippen LogP contribution in [0.2, 0.25) is 0 Å². The minimum atomic E-state index is -0.780. The number of nitrogens with zero attached hydrogens (tertiary/aromatic N) is 1. The Hall–Kier alpha value is -0.910. The largest absolute Gasteiger partial charge is 0.481 e. The van der Waals surface area contributed by atoms with E-state index in [0.717, 1.165) is 4.47 Å². The molecule has 1 aliphatic rings. The van der Waals surface area contributed by atoms with Crippen LogP contribution in [0.25, 0.3) is 0 Å². The van der Waals surface area contributed by atoms with Crippen LogP contribution in [0.1, 0.15) is 18.5 Å². The maximum Gasteiger partial charge on any atom is 0.310 e. The van der Waals surface area contributed by atoms with Gasteiger partial charge in [0.05, 0.1) is 19.1 Å². The van der Waals surface area contributed by atoms with Gasteiger partial charge in [0.15, 0.2) is 0 Å². The van der Waals surface area contributed by atoms with Crippen molar-refractivity contribution in [1.29, 1.82) is 0 Å². The van der Waals surface area contributed by atoms with Gasteiger partial charge in [-0.2, -0.15) is 0 Å². The van der Waals surface area contributed by atoms with E-state index in [1.807, 2.05) is 19.2 Å². The Labute approximate surface area is 121 Å². The number of carboxylic acids is 1. The molecule has 1 fully saturated rings. The fourth-order valence-corrected chi connectivity index (χ4v) is 2.71. The number of carbonyl (C=O) groups is 1. The topological polar surface area (TPSA) is 49.8 Å². The summed E-state index contributed by atoms with van der Waals surface area (Å²) in [5, 5.41) is 9.21. The molecule has 1 heterocycles. The minimum Gasteiger partial charge on any atom is -0.481 e. The summed E-state index contributed by atoms with van der Waals surface area (Å²) in [4.78, 5) is 13.3. The van der Waals surface area contributed by atoms with Crippen LogP contribution < -0.4 is 0 Å². The van der Waals surface area contributed by atoms with Gasteiger partial charge in [-0.15, -0.1) is 0 Å². The highest BCUT2D eigenvalue weighted by atomic mass is 79.9. The monoisotopic (exact) mass is 327 g/mol. The molecule has 2 rings (SSSR count). The molecule has 19 heavy (non-hydrogen) atoms. The lowest BCUT2D eigenvalue weighted by molar-refractivity contribution is -0.143. The van der Waals surface area contributed by atoms with Gasteiger partial charge >= 0.3 is 5.97 Å². The van der Waals surface area contributed by atoms with E-state index in [4.69, 9.17) is 4.74 Å². The van der Waals surface area contributed by atoms with Gasteiger partial charge in [-0.05, 0) is 31.7 Å². The number of carboxylic acid groups (broad SMARTS) is 1. The van der Waals surface area contributed by atoms with Crippen LogP contribution in [0.4, 0.5) is 0 Å². The first-order valence-electron chi connectivity index (χ1n) is 6.28. The zero-order valence-corrected chi connectivity index (χ0v) is 12.6. The second-order valence-electron chi connectivity index (χ2n) is 4.94. The molecule has 0 saturated carbocycles. The van der Waals surface area contributed by atoms with Crippen LogP contribution in [0.15, 0.2) is 28.7 Å².